The Balaban J connectivity index is 3.77. The van der Waals surface area contributed by atoms with Crippen LogP contribution in [-0.2, 0) is 0 Å². The first-order chi connectivity index (χ1) is 5.75. The second kappa shape index (κ2) is 4.97. The predicted octanol–water partition coefficient (Wildman–Crippen LogP) is 1.96. The molecule has 0 aromatic heterocycles. The lowest BCUT2D eigenvalue weighted by atomic mass is 9.88. The molecule has 0 aliphatic carbocycles. The van der Waals surface area contributed by atoms with E-state index in [0.29, 0.717) is 17.5 Å². The Hall–Kier alpha value is -0.0800. The van der Waals surface area contributed by atoms with Crippen molar-refractivity contribution in [2.24, 2.45) is 5.41 Å². The third kappa shape index (κ3) is 5.27. The monoisotopic (exact) mass is 186 g/mol. The van der Waals surface area contributed by atoms with Crippen molar-refractivity contribution in [3.8, 4) is 0 Å². The minimum atomic E-state index is 0.353. The van der Waals surface area contributed by atoms with Crippen molar-refractivity contribution >= 4 is 0 Å². The molecule has 2 heteroatoms. The van der Waals surface area contributed by atoms with Gasteiger partial charge in [0.1, 0.15) is 0 Å². The van der Waals surface area contributed by atoms with Crippen molar-refractivity contribution in [3.63, 3.8) is 0 Å². The maximum atomic E-state index is 3.56. The fourth-order valence-corrected chi connectivity index (χ4v) is 0.836. The molecule has 0 aliphatic rings. The van der Waals surface area contributed by atoms with Gasteiger partial charge in [-0.15, -0.1) is 0 Å². The highest BCUT2D eigenvalue weighted by Crippen LogP contribution is 2.18. The zero-order valence-corrected chi connectivity index (χ0v) is 10.3. The van der Waals surface area contributed by atoms with Gasteiger partial charge in [-0.3, -0.25) is 0 Å². The van der Waals surface area contributed by atoms with Crippen LogP contribution in [0.4, 0.5) is 0 Å². The lowest BCUT2D eigenvalue weighted by Gasteiger charge is -2.30. The predicted molar refractivity (Wildman–Crippen MR) is 60.1 cm³/mol. The van der Waals surface area contributed by atoms with Crippen LogP contribution in [0.25, 0.3) is 0 Å². The highest BCUT2D eigenvalue weighted by molar-refractivity contribution is 4.77. The molecule has 0 aliphatic heterocycles. The summed E-state index contributed by atoms with van der Waals surface area (Å²) in [5.41, 5.74) is 0.353. The van der Waals surface area contributed by atoms with E-state index in [2.05, 4.69) is 58.9 Å². The van der Waals surface area contributed by atoms with Gasteiger partial charge in [0.25, 0.3) is 0 Å². The van der Waals surface area contributed by atoms with Crippen LogP contribution in [0.1, 0.15) is 34.6 Å². The Morgan fingerprint density at radius 3 is 1.92 bits per heavy atom. The maximum Gasteiger partial charge on any atom is 0.0186 e. The summed E-state index contributed by atoms with van der Waals surface area (Å²) in [5.74, 6) is 0. The van der Waals surface area contributed by atoms with Crippen LogP contribution in [0.3, 0.4) is 0 Å². The molecule has 0 heterocycles. The van der Waals surface area contributed by atoms with E-state index in [-0.39, 0.29) is 0 Å². The van der Waals surface area contributed by atoms with Crippen LogP contribution >= 0.6 is 0 Å². The van der Waals surface area contributed by atoms with Gasteiger partial charge < -0.3 is 10.2 Å². The van der Waals surface area contributed by atoms with Crippen LogP contribution in [-0.4, -0.2) is 37.6 Å². The molecule has 2 unspecified atom stereocenters. The number of hydrogen-bond donors (Lipinski definition) is 1. The first-order valence-corrected chi connectivity index (χ1v) is 5.15. The van der Waals surface area contributed by atoms with E-state index < -0.39 is 0 Å². The van der Waals surface area contributed by atoms with Gasteiger partial charge in [-0.2, -0.15) is 0 Å². The molecule has 0 saturated heterocycles. The summed E-state index contributed by atoms with van der Waals surface area (Å²) >= 11 is 0. The molecule has 0 aromatic carbocycles. The number of nitrogens with zero attached hydrogens (tertiary/aromatic N) is 1. The fourth-order valence-electron chi connectivity index (χ4n) is 0.836. The van der Waals surface area contributed by atoms with Crippen LogP contribution in [0.15, 0.2) is 0 Å². The first-order valence-electron chi connectivity index (χ1n) is 5.15. The van der Waals surface area contributed by atoms with E-state index in [0.717, 1.165) is 6.54 Å². The first kappa shape index (κ1) is 12.9. The van der Waals surface area contributed by atoms with Crippen LogP contribution in [0.5, 0.6) is 0 Å². The Bertz CT molecular complexity index is 136. The van der Waals surface area contributed by atoms with Crippen molar-refractivity contribution in [1.82, 2.24) is 10.2 Å². The van der Waals surface area contributed by atoms with Gasteiger partial charge in [0.15, 0.2) is 0 Å². The molecule has 13 heavy (non-hydrogen) atoms. The second-order valence-electron chi connectivity index (χ2n) is 5.31. The smallest absolute Gasteiger partial charge is 0.0186 e. The number of rotatable bonds is 4. The van der Waals surface area contributed by atoms with Gasteiger partial charge in [-0.25, -0.2) is 0 Å². The molecule has 0 aromatic rings. The molecule has 0 radical (unpaired) electrons. The molecule has 80 valence electrons. The average Bonchev–Trinajstić information content (AvgIpc) is 1.97. The Morgan fingerprint density at radius 2 is 1.62 bits per heavy atom. The summed E-state index contributed by atoms with van der Waals surface area (Å²) < 4.78 is 0. The summed E-state index contributed by atoms with van der Waals surface area (Å²) in [4.78, 5) is 2.24. The molecule has 0 bridgehead atoms. The molecule has 0 rings (SSSR count). The standard InChI is InChI=1S/C11H26N2/c1-9(13(6)7)8-12-10(2)11(3,4)5/h9-10,12H,8H2,1-7H3. The number of nitrogens with one attached hydrogen (secondary N) is 1. The minimum absolute atomic E-state index is 0.353. The van der Waals surface area contributed by atoms with Gasteiger partial charge in [0.2, 0.25) is 0 Å². The van der Waals surface area contributed by atoms with E-state index in [9.17, 15) is 0 Å². The van der Waals surface area contributed by atoms with Gasteiger partial charge in [-0.05, 0) is 33.4 Å². The van der Waals surface area contributed by atoms with Gasteiger partial charge in [-0.1, -0.05) is 20.8 Å². The van der Waals surface area contributed by atoms with Gasteiger partial charge in [0.05, 0.1) is 0 Å². The summed E-state index contributed by atoms with van der Waals surface area (Å²) in [7, 11) is 4.24. The van der Waals surface area contributed by atoms with Gasteiger partial charge >= 0.3 is 0 Å². The highest BCUT2D eigenvalue weighted by atomic mass is 15.1. The van der Waals surface area contributed by atoms with Crippen molar-refractivity contribution in [1.29, 1.82) is 0 Å². The van der Waals surface area contributed by atoms with Crippen molar-refractivity contribution in [3.05, 3.63) is 0 Å². The lowest BCUT2D eigenvalue weighted by Crippen LogP contribution is -2.44. The second-order valence-corrected chi connectivity index (χ2v) is 5.31. The van der Waals surface area contributed by atoms with Crippen LogP contribution in [0.2, 0.25) is 0 Å². The highest BCUT2D eigenvalue weighted by Gasteiger charge is 2.19. The Morgan fingerprint density at radius 1 is 1.15 bits per heavy atom. The van der Waals surface area contributed by atoms with E-state index in [1.54, 1.807) is 0 Å². The molecule has 0 spiro atoms. The summed E-state index contributed by atoms with van der Waals surface area (Å²) in [5, 5.41) is 3.56. The molecular formula is C11H26N2. The van der Waals surface area contributed by atoms with E-state index in [4.69, 9.17) is 0 Å². The average molecular weight is 186 g/mol. The maximum absolute atomic E-state index is 3.56. The quantitative estimate of drug-likeness (QED) is 0.722. The Labute approximate surface area is 83.7 Å². The largest absolute Gasteiger partial charge is 0.312 e. The lowest BCUT2D eigenvalue weighted by molar-refractivity contribution is 0.244. The number of likely N-dealkylation sites (N-methyl/N-ethyl adjacent to an activating group) is 1. The summed E-state index contributed by atoms with van der Waals surface area (Å²) in [6.45, 7) is 12.4. The summed E-state index contributed by atoms with van der Waals surface area (Å²) in [6, 6.07) is 1.17. The zero-order valence-electron chi connectivity index (χ0n) is 10.3. The molecule has 1 N–H and O–H groups in total. The molecule has 2 atom stereocenters. The molecule has 0 saturated carbocycles. The number of hydrogen-bond acceptors (Lipinski definition) is 2. The molecular weight excluding hydrogens is 160 g/mol. The van der Waals surface area contributed by atoms with Crippen molar-refractivity contribution in [2.45, 2.75) is 46.7 Å². The molecule has 0 fully saturated rings. The van der Waals surface area contributed by atoms with Gasteiger partial charge in [0, 0.05) is 18.6 Å². The topological polar surface area (TPSA) is 15.3 Å². The van der Waals surface area contributed by atoms with Crippen molar-refractivity contribution < 1.29 is 0 Å². The molecule has 0 amide bonds. The summed E-state index contributed by atoms with van der Waals surface area (Å²) in [6.07, 6.45) is 0. The van der Waals surface area contributed by atoms with E-state index in [1.165, 1.54) is 0 Å². The van der Waals surface area contributed by atoms with E-state index in [1.807, 2.05) is 0 Å². The SMILES string of the molecule is CC(CNC(C)C(C)(C)C)N(C)C. The normalized spacial score (nSPS) is 17.5. The third-order valence-electron chi connectivity index (χ3n) is 2.90. The van der Waals surface area contributed by atoms with Crippen molar-refractivity contribution in [2.75, 3.05) is 20.6 Å². The fraction of sp³-hybridized carbons (Fsp3) is 1.00. The third-order valence-corrected chi connectivity index (χ3v) is 2.90. The van der Waals surface area contributed by atoms with E-state index >= 15 is 0 Å². The van der Waals surface area contributed by atoms with Crippen LogP contribution in [0, 0.1) is 5.41 Å². The minimum Gasteiger partial charge on any atom is -0.312 e. The zero-order chi connectivity index (χ0) is 10.6. The molecule has 2 nitrogen and oxygen atoms in total. The Kier molecular flexibility index (Phi) is 4.93. The van der Waals surface area contributed by atoms with Crippen LogP contribution < -0.4 is 5.32 Å².